The predicted octanol–water partition coefficient (Wildman–Crippen LogP) is 2.27. The Morgan fingerprint density at radius 3 is 3.07 bits per heavy atom. The molecule has 1 aliphatic heterocycles. The van der Waals surface area contributed by atoms with Gasteiger partial charge in [-0.2, -0.15) is 0 Å². The monoisotopic (exact) mass is 196 g/mol. The summed E-state index contributed by atoms with van der Waals surface area (Å²) in [5, 5.41) is 9.98. The summed E-state index contributed by atoms with van der Waals surface area (Å²) in [5.74, 6) is 0.387. The second-order valence-corrected chi connectivity index (χ2v) is 4.50. The fourth-order valence-corrected chi connectivity index (χ4v) is 2.38. The van der Waals surface area contributed by atoms with E-state index in [9.17, 15) is 5.11 Å². The summed E-state index contributed by atoms with van der Waals surface area (Å²) < 4.78 is 5.29. The van der Waals surface area contributed by atoms with Gasteiger partial charge >= 0.3 is 0 Å². The van der Waals surface area contributed by atoms with Crippen molar-refractivity contribution < 1.29 is 9.84 Å². The highest BCUT2D eigenvalue weighted by atomic mass is 16.5. The van der Waals surface area contributed by atoms with Gasteiger partial charge in [-0.05, 0) is 38.5 Å². The minimum Gasteiger partial charge on any atom is -0.392 e. The van der Waals surface area contributed by atoms with Crippen LogP contribution in [0.15, 0.2) is 11.6 Å². The molecule has 1 saturated heterocycles. The standard InChI is InChI=1S/C12H20O2/c13-12(11-6-7-14-9-11)8-10-4-2-1-3-5-10/h4,11-13H,1-3,5-9H2. The molecule has 80 valence electrons. The number of hydrogen-bond acceptors (Lipinski definition) is 2. The third-order valence-corrected chi connectivity index (χ3v) is 3.37. The Hall–Kier alpha value is -0.340. The second kappa shape index (κ2) is 4.94. The van der Waals surface area contributed by atoms with E-state index in [4.69, 9.17) is 4.74 Å². The molecule has 0 aromatic carbocycles. The van der Waals surface area contributed by atoms with E-state index in [1.165, 1.54) is 31.3 Å². The van der Waals surface area contributed by atoms with E-state index < -0.39 is 0 Å². The third-order valence-electron chi connectivity index (χ3n) is 3.37. The number of hydrogen-bond donors (Lipinski definition) is 1. The molecule has 0 bridgehead atoms. The van der Waals surface area contributed by atoms with Crippen LogP contribution in [0.25, 0.3) is 0 Å². The second-order valence-electron chi connectivity index (χ2n) is 4.50. The number of ether oxygens (including phenoxy) is 1. The van der Waals surface area contributed by atoms with Gasteiger partial charge < -0.3 is 9.84 Å². The van der Waals surface area contributed by atoms with Crippen LogP contribution in [-0.4, -0.2) is 24.4 Å². The summed E-state index contributed by atoms with van der Waals surface area (Å²) in [7, 11) is 0. The molecule has 1 heterocycles. The van der Waals surface area contributed by atoms with E-state index >= 15 is 0 Å². The highest BCUT2D eigenvalue weighted by Crippen LogP contribution is 2.26. The van der Waals surface area contributed by atoms with Crippen LogP contribution in [0.2, 0.25) is 0 Å². The van der Waals surface area contributed by atoms with Crippen LogP contribution in [0.5, 0.6) is 0 Å². The van der Waals surface area contributed by atoms with Crippen molar-refractivity contribution in [2.24, 2.45) is 5.92 Å². The van der Waals surface area contributed by atoms with Gasteiger partial charge in [0, 0.05) is 12.5 Å². The maximum atomic E-state index is 9.98. The van der Waals surface area contributed by atoms with Crippen LogP contribution in [0.1, 0.15) is 38.5 Å². The molecule has 0 aromatic heterocycles. The van der Waals surface area contributed by atoms with E-state index in [1.54, 1.807) is 0 Å². The minimum absolute atomic E-state index is 0.165. The zero-order chi connectivity index (χ0) is 9.80. The van der Waals surface area contributed by atoms with Crippen LogP contribution < -0.4 is 0 Å². The first-order chi connectivity index (χ1) is 6.86. The fraction of sp³-hybridized carbons (Fsp3) is 0.833. The lowest BCUT2D eigenvalue weighted by Gasteiger charge is -2.20. The third kappa shape index (κ3) is 2.58. The summed E-state index contributed by atoms with van der Waals surface area (Å²) in [5.41, 5.74) is 1.47. The van der Waals surface area contributed by atoms with Crippen LogP contribution in [0.3, 0.4) is 0 Å². The van der Waals surface area contributed by atoms with Gasteiger partial charge in [0.15, 0.2) is 0 Å². The molecule has 2 aliphatic rings. The summed E-state index contributed by atoms with van der Waals surface area (Å²) in [6.45, 7) is 1.59. The van der Waals surface area contributed by atoms with Gasteiger partial charge in [-0.3, -0.25) is 0 Å². The Kier molecular flexibility index (Phi) is 3.60. The molecule has 2 unspecified atom stereocenters. The average Bonchev–Trinajstić information content (AvgIpc) is 2.72. The zero-order valence-corrected chi connectivity index (χ0v) is 8.74. The molecule has 0 aromatic rings. The number of aliphatic hydroxyl groups is 1. The molecule has 2 rings (SSSR count). The fourth-order valence-electron chi connectivity index (χ4n) is 2.38. The van der Waals surface area contributed by atoms with Gasteiger partial charge in [-0.15, -0.1) is 0 Å². The Morgan fingerprint density at radius 1 is 1.50 bits per heavy atom. The summed E-state index contributed by atoms with van der Waals surface area (Å²) >= 11 is 0. The van der Waals surface area contributed by atoms with Gasteiger partial charge in [0.05, 0.1) is 12.7 Å². The smallest absolute Gasteiger partial charge is 0.0628 e. The van der Waals surface area contributed by atoms with Crippen molar-refractivity contribution in [3.8, 4) is 0 Å². The number of allylic oxidation sites excluding steroid dienone is 1. The first-order valence-electron chi connectivity index (χ1n) is 5.80. The molecule has 2 heteroatoms. The van der Waals surface area contributed by atoms with Crippen molar-refractivity contribution in [2.75, 3.05) is 13.2 Å². The summed E-state index contributed by atoms with van der Waals surface area (Å²) in [6, 6.07) is 0. The molecule has 0 saturated carbocycles. The predicted molar refractivity (Wildman–Crippen MR) is 56.1 cm³/mol. The SMILES string of the molecule is OC(CC1=CCCCC1)C1CCOC1. The molecule has 1 aliphatic carbocycles. The van der Waals surface area contributed by atoms with E-state index in [-0.39, 0.29) is 6.10 Å². The summed E-state index contributed by atoms with van der Waals surface area (Å²) in [6.07, 6.45) is 9.12. The first-order valence-corrected chi connectivity index (χ1v) is 5.80. The number of rotatable bonds is 3. The molecule has 1 fully saturated rings. The lowest BCUT2D eigenvalue weighted by Crippen LogP contribution is -2.21. The van der Waals surface area contributed by atoms with E-state index in [0.29, 0.717) is 5.92 Å². The maximum absolute atomic E-state index is 9.98. The lowest BCUT2D eigenvalue weighted by molar-refractivity contribution is 0.0909. The van der Waals surface area contributed by atoms with Crippen LogP contribution in [0, 0.1) is 5.92 Å². The van der Waals surface area contributed by atoms with Crippen molar-refractivity contribution in [1.82, 2.24) is 0 Å². The van der Waals surface area contributed by atoms with Crippen molar-refractivity contribution in [3.63, 3.8) is 0 Å². The van der Waals surface area contributed by atoms with E-state index in [2.05, 4.69) is 6.08 Å². The van der Waals surface area contributed by atoms with E-state index in [0.717, 1.165) is 26.1 Å². The molecule has 14 heavy (non-hydrogen) atoms. The van der Waals surface area contributed by atoms with Gasteiger partial charge in [-0.25, -0.2) is 0 Å². The van der Waals surface area contributed by atoms with Gasteiger partial charge in [0.25, 0.3) is 0 Å². The van der Waals surface area contributed by atoms with Crippen molar-refractivity contribution in [3.05, 3.63) is 11.6 Å². The van der Waals surface area contributed by atoms with Crippen molar-refractivity contribution in [2.45, 2.75) is 44.6 Å². The molecule has 1 N–H and O–H groups in total. The molecule has 0 spiro atoms. The minimum atomic E-state index is -0.165. The molecule has 2 atom stereocenters. The van der Waals surface area contributed by atoms with Gasteiger partial charge in [0.1, 0.15) is 0 Å². The summed E-state index contributed by atoms with van der Waals surface area (Å²) in [4.78, 5) is 0. The van der Waals surface area contributed by atoms with E-state index in [1.807, 2.05) is 0 Å². The van der Waals surface area contributed by atoms with Crippen LogP contribution in [0.4, 0.5) is 0 Å². The normalized spacial score (nSPS) is 30.1. The average molecular weight is 196 g/mol. The Balaban J connectivity index is 1.80. The highest BCUT2D eigenvalue weighted by molar-refractivity contribution is 5.06. The Bertz CT molecular complexity index is 204. The van der Waals surface area contributed by atoms with Crippen molar-refractivity contribution in [1.29, 1.82) is 0 Å². The molecule has 2 nitrogen and oxygen atoms in total. The van der Waals surface area contributed by atoms with Gasteiger partial charge in [-0.1, -0.05) is 11.6 Å². The lowest BCUT2D eigenvalue weighted by atomic mass is 9.90. The largest absolute Gasteiger partial charge is 0.392 e. The molecular weight excluding hydrogens is 176 g/mol. The quantitative estimate of drug-likeness (QED) is 0.702. The Morgan fingerprint density at radius 2 is 2.43 bits per heavy atom. The molecular formula is C12H20O2. The van der Waals surface area contributed by atoms with Gasteiger partial charge in [0.2, 0.25) is 0 Å². The zero-order valence-electron chi connectivity index (χ0n) is 8.74. The number of aliphatic hydroxyl groups excluding tert-OH is 1. The molecule has 0 radical (unpaired) electrons. The highest BCUT2D eigenvalue weighted by Gasteiger charge is 2.24. The Labute approximate surface area is 86.0 Å². The maximum Gasteiger partial charge on any atom is 0.0628 e. The van der Waals surface area contributed by atoms with Crippen LogP contribution in [-0.2, 0) is 4.74 Å². The first kappa shape index (κ1) is 10.2. The van der Waals surface area contributed by atoms with Crippen molar-refractivity contribution >= 4 is 0 Å². The molecule has 0 amide bonds. The topological polar surface area (TPSA) is 29.5 Å². The van der Waals surface area contributed by atoms with Crippen LogP contribution >= 0.6 is 0 Å².